The van der Waals surface area contributed by atoms with Gasteiger partial charge in [0.1, 0.15) is 5.56 Å². The SMILES string of the molecule is CC(C)N1CCC(Cc2nc3c(C(=O)O)cccn3n2)CC1. The standard InChI is InChI=1S/C16H22N4O2/c1-11(2)19-8-5-12(6-9-19)10-14-17-15-13(16(21)22)4-3-7-20(15)18-14/h3-4,7,11-12H,5-6,8-10H2,1-2H3,(H,21,22). The van der Waals surface area contributed by atoms with Crippen molar-refractivity contribution in [1.29, 1.82) is 0 Å². The highest BCUT2D eigenvalue weighted by Gasteiger charge is 2.23. The van der Waals surface area contributed by atoms with Crippen LogP contribution in [0, 0.1) is 5.92 Å². The van der Waals surface area contributed by atoms with E-state index in [2.05, 4.69) is 28.8 Å². The maximum atomic E-state index is 11.2. The van der Waals surface area contributed by atoms with Crippen molar-refractivity contribution >= 4 is 11.6 Å². The van der Waals surface area contributed by atoms with Crippen LogP contribution in [0.3, 0.4) is 0 Å². The summed E-state index contributed by atoms with van der Waals surface area (Å²) in [5, 5.41) is 13.6. The van der Waals surface area contributed by atoms with E-state index in [1.807, 2.05) is 0 Å². The molecule has 1 aliphatic heterocycles. The molecular weight excluding hydrogens is 280 g/mol. The van der Waals surface area contributed by atoms with Gasteiger partial charge in [0.05, 0.1) is 0 Å². The molecule has 0 bridgehead atoms. The number of rotatable bonds is 4. The van der Waals surface area contributed by atoms with E-state index in [1.54, 1.807) is 22.8 Å². The Morgan fingerprint density at radius 1 is 1.41 bits per heavy atom. The van der Waals surface area contributed by atoms with Gasteiger partial charge in [-0.3, -0.25) is 0 Å². The van der Waals surface area contributed by atoms with Gasteiger partial charge in [-0.2, -0.15) is 5.10 Å². The summed E-state index contributed by atoms with van der Waals surface area (Å²) in [5.74, 6) is 0.368. The van der Waals surface area contributed by atoms with Crippen LogP contribution in [-0.2, 0) is 6.42 Å². The van der Waals surface area contributed by atoms with Gasteiger partial charge in [-0.15, -0.1) is 0 Å². The fraction of sp³-hybridized carbons (Fsp3) is 0.562. The predicted molar refractivity (Wildman–Crippen MR) is 83.1 cm³/mol. The summed E-state index contributed by atoms with van der Waals surface area (Å²) in [7, 11) is 0. The summed E-state index contributed by atoms with van der Waals surface area (Å²) < 4.78 is 1.57. The summed E-state index contributed by atoms with van der Waals surface area (Å²) in [6.07, 6.45) is 4.88. The first kappa shape index (κ1) is 15.0. The number of fused-ring (bicyclic) bond motifs is 1. The molecule has 0 radical (unpaired) electrons. The molecule has 22 heavy (non-hydrogen) atoms. The van der Waals surface area contributed by atoms with Crippen molar-refractivity contribution < 1.29 is 9.90 Å². The van der Waals surface area contributed by atoms with Crippen molar-refractivity contribution in [2.24, 2.45) is 5.92 Å². The Hall–Kier alpha value is -1.95. The fourth-order valence-corrected chi connectivity index (χ4v) is 3.14. The highest BCUT2D eigenvalue weighted by Crippen LogP contribution is 2.22. The highest BCUT2D eigenvalue weighted by atomic mass is 16.4. The van der Waals surface area contributed by atoms with Crippen LogP contribution in [0.4, 0.5) is 0 Å². The largest absolute Gasteiger partial charge is 0.478 e. The molecule has 3 heterocycles. The van der Waals surface area contributed by atoms with Crippen LogP contribution < -0.4 is 0 Å². The lowest BCUT2D eigenvalue weighted by Crippen LogP contribution is -2.38. The molecule has 1 aliphatic rings. The number of hydrogen-bond donors (Lipinski definition) is 1. The molecule has 0 saturated carbocycles. The lowest BCUT2D eigenvalue weighted by atomic mass is 9.93. The average molecular weight is 302 g/mol. The third-order valence-electron chi connectivity index (χ3n) is 4.49. The summed E-state index contributed by atoms with van der Waals surface area (Å²) in [6, 6.07) is 3.86. The predicted octanol–water partition coefficient (Wildman–Crippen LogP) is 2.09. The van der Waals surface area contributed by atoms with Crippen LogP contribution in [0.25, 0.3) is 5.65 Å². The number of carboxylic acid groups (broad SMARTS) is 1. The van der Waals surface area contributed by atoms with E-state index in [1.165, 1.54) is 0 Å². The Morgan fingerprint density at radius 2 is 2.14 bits per heavy atom. The number of aromatic carboxylic acids is 1. The van der Waals surface area contributed by atoms with Crippen LogP contribution in [0.15, 0.2) is 18.3 Å². The molecule has 0 unspecified atom stereocenters. The smallest absolute Gasteiger partial charge is 0.339 e. The van der Waals surface area contributed by atoms with Gasteiger partial charge >= 0.3 is 5.97 Å². The molecule has 1 fully saturated rings. The summed E-state index contributed by atoms with van der Waals surface area (Å²) >= 11 is 0. The number of carboxylic acids is 1. The molecule has 3 rings (SSSR count). The second-order valence-electron chi connectivity index (χ2n) is 6.30. The molecular formula is C16H22N4O2. The topological polar surface area (TPSA) is 70.7 Å². The molecule has 0 aliphatic carbocycles. The zero-order valence-electron chi connectivity index (χ0n) is 13.1. The van der Waals surface area contributed by atoms with E-state index in [0.29, 0.717) is 17.6 Å². The first-order valence-electron chi connectivity index (χ1n) is 7.86. The summed E-state index contributed by atoms with van der Waals surface area (Å²) in [6.45, 7) is 6.71. The second kappa shape index (κ2) is 6.04. The monoisotopic (exact) mass is 302 g/mol. The van der Waals surface area contributed by atoms with Gasteiger partial charge in [0.25, 0.3) is 0 Å². The van der Waals surface area contributed by atoms with Crippen molar-refractivity contribution in [2.45, 2.75) is 39.2 Å². The van der Waals surface area contributed by atoms with E-state index in [4.69, 9.17) is 0 Å². The Bertz CT molecular complexity index is 672. The first-order valence-corrected chi connectivity index (χ1v) is 7.86. The van der Waals surface area contributed by atoms with Gasteiger partial charge < -0.3 is 10.0 Å². The van der Waals surface area contributed by atoms with Crippen LogP contribution in [0.5, 0.6) is 0 Å². The van der Waals surface area contributed by atoms with E-state index in [0.717, 1.165) is 38.2 Å². The normalized spacial score (nSPS) is 17.4. The molecule has 0 atom stereocenters. The van der Waals surface area contributed by atoms with E-state index < -0.39 is 5.97 Å². The number of piperidine rings is 1. The Balaban J connectivity index is 1.73. The van der Waals surface area contributed by atoms with Crippen LogP contribution >= 0.6 is 0 Å². The Labute approximate surface area is 129 Å². The molecule has 2 aromatic heterocycles. The first-order chi connectivity index (χ1) is 10.5. The van der Waals surface area contributed by atoms with Crippen molar-refractivity contribution in [3.63, 3.8) is 0 Å². The molecule has 0 aromatic carbocycles. The Kier molecular flexibility index (Phi) is 4.11. The van der Waals surface area contributed by atoms with Gasteiger partial charge in [-0.25, -0.2) is 14.3 Å². The molecule has 1 N–H and O–H groups in total. The lowest BCUT2D eigenvalue weighted by molar-refractivity contribution is 0.0698. The molecule has 0 spiro atoms. The second-order valence-corrected chi connectivity index (χ2v) is 6.30. The minimum absolute atomic E-state index is 0.205. The van der Waals surface area contributed by atoms with Gasteiger partial charge in [-0.05, 0) is 57.8 Å². The number of aromatic nitrogens is 3. The van der Waals surface area contributed by atoms with Crippen molar-refractivity contribution in [2.75, 3.05) is 13.1 Å². The maximum absolute atomic E-state index is 11.2. The molecule has 6 nitrogen and oxygen atoms in total. The van der Waals surface area contributed by atoms with Gasteiger partial charge in [-0.1, -0.05) is 0 Å². The molecule has 1 saturated heterocycles. The number of hydrogen-bond acceptors (Lipinski definition) is 4. The van der Waals surface area contributed by atoms with Gasteiger partial charge in [0.2, 0.25) is 0 Å². The minimum Gasteiger partial charge on any atom is -0.478 e. The van der Waals surface area contributed by atoms with E-state index in [9.17, 15) is 9.90 Å². The molecule has 6 heteroatoms. The van der Waals surface area contributed by atoms with Crippen LogP contribution in [0.2, 0.25) is 0 Å². The van der Waals surface area contributed by atoms with Crippen molar-refractivity contribution in [1.82, 2.24) is 19.5 Å². The zero-order chi connectivity index (χ0) is 15.7. The summed E-state index contributed by atoms with van der Waals surface area (Å²) in [4.78, 5) is 18.2. The number of carbonyl (C=O) groups is 1. The number of nitrogens with zero attached hydrogens (tertiary/aromatic N) is 4. The third kappa shape index (κ3) is 2.97. The highest BCUT2D eigenvalue weighted by molar-refractivity contribution is 5.94. The number of likely N-dealkylation sites (tertiary alicyclic amines) is 1. The van der Waals surface area contributed by atoms with Gasteiger partial charge in [0, 0.05) is 18.7 Å². The van der Waals surface area contributed by atoms with E-state index >= 15 is 0 Å². The Morgan fingerprint density at radius 3 is 2.77 bits per heavy atom. The summed E-state index contributed by atoms with van der Waals surface area (Å²) in [5.41, 5.74) is 0.639. The van der Waals surface area contributed by atoms with Gasteiger partial charge in [0.15, 0.2) is 11.5 Å². The molecule has 118 valence electrons. The zero-order valence-corrected chi connectivity index (χ0v) is 13.1. The quantitative estimate of drug-likeness (QED) is 0.936. The number of pyridine rings is 1. The maximum Gasteiger partial charge on any atom is 0.339 e. The van der Waals surface area contributed by atoms with Crippen molar-refractivity contribution in [3.05, 3.63) is 29.7 Å². The van der Waals surface area contributed by atoms with Crippen LogP contribution in [-0.4, -0.2) is 49.7 Å². The lowest BCUT2D eigenvalue weighted by Gasteiger charge is -2.34. The average Bonchev–Trinajstić information content (AvgIpc) is 2.89. The minimum atomic E-state index is -0.963. The fourth-order valence-electron chi connectivity index (χ4n) is 3.14. The van der Waals surface area contributed by atoms with Crippen LogP contribution in [0.1, 0.15) is 42.9 Å². The van der Waals surface area contributed by atoms with E-state index in [-0.39, 0.29) is 5.56 Å². The molecule has 2 aromatic rings. The third-order valence-corrected chi connectivity index (χ3v) is 4.49. The molecule has 0 amide bonds. The van der Waals surface area contributed by atoms with Crippen molar-refractivity contribution in [3.8, 4) is 0 Å².